The maximum absolute atomic E-state index is 13.7. The Labute approximate surface area is 180 Å². The number of benzene rings is 2. The summed E-state index contributed by atoms with van der Waals surface area (Å²) in [5, 5.41) is 9.79. The summed E-state index contributed by atoms with van der Waals surface area (Å²) in [6, 6.07) is -4.35. The maximum atomic E-state index is 13.7. The van der Waals surface area contributed by atoms with E-state index in [4.69, 9.17) is 41.6 Å². The third kappa shape index (κ3) is 4.34. The van der Waals surface area contributed by atoms with Crippen molar-refractivity contribution >= 4 is 39.1 Å². The van der Waals surface area contributed by atoms with Crippen molar-refractivity contribution in [3.8, 4) is 17.6 Å². The number of nitriles is 1. The average Bonchev–Trinajstić information content (AvgIpc) is 2.79. The second kappa shape index (κ2) is 7.74. The van der Waals surface area contributed by atoms with Gasteiger partial charge < -0.3 is 10.1 Å². The molecule has 0 aliphatic carbocycles. The molecular formula is C17H13Cl2N3O4S. The lowest BCUT2D eigenvalue weighted by atomic mass is 10.2. The minimum Gasteiger partial charge on any atom is -0.456 e. The molecule has 0 radical (unpaired) electrons. The normalized spacial score (nSPS) is 24.1. The van der Waals surface area contributed by atoms with Crippen molar-refractivity contribution in [2.24, 2.45) is 0 Å². The van der Waals surface area contributed by atoms with Gasteiger partial charge in [-0.1, -0.05) is 23.2 Å². The van der Waals surface area contributed by atoms with Gasteiger partial charge in [0, 0.05) is 25.8 Å². The van der Waals surface area contributed by atoms with Crippen molar-refractivity contribution in [3.05, 3.63) is 51.9 Å². The number of hydrogen-bond donors (Lipinski definition) is 1. The standard InChI is InChI=1S/C17H13Cl2N3O4S/c18-12-6-13(19)8-14(7-12)26-15-2-1-11(9-20)5-16(15)27(24,25)22-4-3-21-17(23)10-22/h1-2,5-8H,3-4,10H2,(H,21,23)/i1D,2D,3D2,4D2,5D,6D,7D,8D. The highest BCUT2D eigenvalue weighted by atomic mass is 35.5. The van der Waals surface area contributed by atoms with E-state index < -0.39 is 104 Å². The lowest BCUT2D eigenvalue weighted by Crippen LogP contribution is -2.49. The highest BCUT2D eigenvalue weighted by Crippen LogP contribution is 2.34. The number of halogens is 2. The molecule has 0 saturated carbocycles. The number of nitrogens with one attached hydrogen (secondary N) is 1. The highest BCUT2D eigenvalue weighted by Gasteiger charge is 2.32. The number of nitrogens with zero attached hydrogens (tertiary/aromatic N) is 2. The molecule has 1 aliphatic rings. The van der Waals surface area contributed by atoms with Gasteiger partial charge in [0.1, 0.15) is 16.4 Å². The topological polar surface area (TPSA) is 99.5 Å². The fourth-order valence-electron chi connectivity index (χ4n) is 1.85. The molecule has 140 valence electrons. The Balaban J connectivity index is 2.42. The van der Waals surface area contributed by atoms with Crippen LogP contribution in [0.1, 0.15) is 19.3 Å². The van der Waals surface area contributed by atoms with E-state index in [1.807, 2.05) is 0 Å². The first-order valence-corrected chi connectivity index (χ1v) is 9.02. The lowest BCUT2D eigenvalue weighted by molar-refractivity contribution is -0.122. The van der Waals surface area contributed by atoms with E-state index in [9.17, 15) is 18.5 Å². The third-order valence-corrected chi connectivity index (χ3v) is 4.93. The molecule has 27 heavy (non-hydrogen) atoms. The molecule has 0 spiro atoms. The fraction of sp³-hybridized carbons (Fsp3) is 0.176. The van der Waals surface area contributed by atoms with Crippen LogP contribution in [0.4, 0.5) is 0 Å². The predicted octanol–water partition coefficient (Wildman–Crippen LogP) is 2.78. The van der Waals surface area contributed by atoms with Gasteiger partial charge in [0.05, 0.1) is 29.1 Å². The van der Waals surface area contributed by atoms with Gasteiger partial charge in [-0.2, -0.15) is 9.57 Å². The number of rotatable bonds is 4. The van der Waals surface area contributed by atoms with Crippen LogP contribution in [-0.2, 0) is 14.8 Å². The van der Waals surface area contributed by atoms with Gasteiger partial charge in [0.2, 0.25) is 15.9 Å². The van der Waals surface area contributed by atoms with Crippen molar-refractivity contribution < 1.29 is 31.7 Å². The molecule has 0 aromatic heterocycles. The first kappa shape index (κ1) is 10.3. The zero-order chi connectivity index (χ0) is 28.4. The van der Waals surface area contributed by atoms with Gasteiger partial charge in [-0.3, -0.25) is 4.79 Å². The Hall–Kier alpha value is -2.31. The molecular weight excluding hydrogens is 413 g/mol. The Morgan fingerprint density at radius 2 is 1.96 bits per heavy atom. The number of hydrogen-bond acceptors (Lipinski definition) is 5. The van der Waals surface area contributed by atoms with Crippen molar-refractivity contribution in [1.29, 1.82) is 5.26 Å². The van der Waals surface area contributed by atoms with E-state index in [-0.39, 0.29) is 4.31 Å². The van der Waals surface area contributed by atoms with Crippen molar-refractivity contribution in [2.45, 2.75) is 4.90 Å². The van der Waals surface area contributed by atoms with E-state index >= 15 is 0 Å². The lowest BCUT2D eigenvalue weighted by Gasteiger charge is -2.26. The first-order valence-electron chi connectivity index (χ1n) is 11.8. The van der Waals surface area contributed by atoms with E-state index in [0.29, 0.717) is 0 Å². The number of carbonyl (C=O) groups excluding carboxylic acids is 1. The van der Waals surface area contributed by atoms with Gasteiger partial charge in [-0.15, -0.1) is 0 Å². The average molecular weight is 436 g/mol. The van der Waals surface area contributed by atoms with Crippen LogP contribution in [0.2, 0.25) is 10.0 Å². The molecule has 1 heterocycles. The van der Waals surface area contributed by atoms with Gasteiger partial charge in [0.25, 0.3) is 0 Å². The number of piperazine rings is 1. The van der Waals surface area contributed by atoms with Crippen LogP contribution in [-0.4, -0.2) is 38.2 Å². The minimum absolute atomic E-state index is 0.237. The summed E-state index contributed by atoms with van der Waals surface area (Å²) in [6.07, 6.45) is 0. The number of amides is 1. The first-order chi connectivity index (χ1) is 16.8. The molecule has 1 aliphatic heterocycles. The van der Waals surface area contributed by atoms with Crippen molar-refractivity contribution in [1.82, 2.24) is 9.62 Å². The SMILES string of the molecule is [2H]c1c(Cl)c([2H])c(Oc2c([2H])c([2H])c(C#N)c([2H])c2S(=O)(=O)N2CC(=O)NC([2H])([2H])C2([2H])[2H])c([2H])c1Cl. The maximum Gasteiger partial charge on any atom is 0.247 e. The molecule has 1 amide bonds. The van der Waals surface area contributed by atoms with E-state index in [1.165, 1.54) is 6.07 Å². The summed E-state index contributed by atoms with van der Waals surface area (Å²) >= 11 is 11.7. The number of ether oxygens (including phenoxy) is 1. The fourth-order valence-corrected chi connectivity index (χ4v) is 3.49. The zero-order valence-electron chi connectivity index (χ0n) is 22.9. The van der Waals surface area contributed by atoms with Crippen molar-refractivity contribution in [3.63, 3.8) is 0 Å². The number of sulfonamides is 1. The largest absolute Gasteiger partial charge is 0.456 e. The highest BCUT2D eigenvalue weighted by molar-refractivity contribution is 7.89. The Morgan fingerprint density at radius 3 is 2.63 bits per heavy atom. The molecule has 0 unspecified atom stereocenters. The minimum atomic E-state index is -5.52. The third-order valence-electron chi connectivity index (χ3n) is 2.95. The molecule has 7 nitrogen and oxygen atoms in total. The predicted molar refractivity (Wildman–Crippen MR) is 99.5 cm³/mol. The number of carbonyl (C=O) groups is 1. The molecule has 0 bridgehead atoms. The van der Waals surface area contributed by atoms with Crippen LogP contribution in [0.15, 0.2) is 41.1 Å². The molecule has 1 saturated heterocycles. The second-order valence-corrected chi connectivity index (χ2v) is 7.31. The van der Waals surface area contributed by atoms with E-state index in [2.05, 4.69) is 0 Å². The summed E-state index contributed by atoms with van der Waals surface area (Å²) in [4.78, 5) is 10.6. The van der Waals surface area contributed by atoms with Crippen LogP contribution in [0.5, 0.6) is 11.5 Å². The van der Waals surface area contributed by atoms with Gasteiger partial charge in [-0.05, 0) is 36.3 Å². The van der Waals surface area contributed by atoms with Crippen LogP contribution < -0.4 is 10.1 Å². The van der Waals surface area contributed by atoms with Crippen LogP contribution >= 0.6 is 23.2 Å². The molecule has 3 rings (SSSR count). The van der Waals surface area contributed by atoms with E-state index in [1.54, 1.807) is 5.32 Å². The molecule has 1 fully saturated rings. The van der Waals surface area contributed by atoms with Crippen LogP contribution in [0.25, 0.3) is 0 Å². The molecule has 2 aromatic carbocycles. The Kier molecular flexibility index (Phi) is 2.95. The van der Waals surface area contributed by atoms with Crippen LogP contribution in [0, 0.1) is 11.3 Å². The summed E-state index contributed by atoms with van der Waals surface area (Å²) in [6.45, 7) is -7.99. The quantitative estimate of drug-likeness (QED) is 0.795. The Bertz CT molecular complexity index is 1490. The molecule has 2 aromatic rings. The van der Waals surface area contributed by atoms with Crippen molar-refractivity contribution in [2.75, 3.05) is 19.5 Å². The smallest absolute Gasteiger partial charge is 0.247 e. The molecule has 0 atom stereocenters. The van der Waals surface area contributed by atoms with Gasteiger partial charge >= 0.3 is 0 Å². The monoisotopic (exact) mass is 435 g/mol. The summed E-state index contributed by atoms with van der Waals surface area (Å²) in [5.74, 6) is -3.37. The summed E-state index contributed by atoms with van der Waals surface area (Å²) in [5.41, 5.74) is -0.948. The van der Waals surface area contributed by atoms with Gasteiger partial charge in [-0.25, -0.2) is 8.42 Å². The zero-order valence-corrected chi connectivity index (χ0v) is 15.2. The summed E-state index contributed by atoms with van der Waals surface area (Å²) in [7, 11) is -5.52. The van der Waals surface area contributed by atoms with Gasteiger partial charge in [0.15, 0.2) is 0 Å². The second-order valence-electron chi connectivity index (χ2n) is 4.75. The molecule has 10 heteroatoms. The van der Waals surface area contributed by atoms with E-state index in [0.717, 1.165) is 0 Å². The summed E-state index contributed by atoms with van der Waals surface area (Å²) < 4.78 is 112. The van der Waals surface area contributed by atoms with Crippen LogP contribution in [0.3, 0.4) is 0 Å². The molecule has 1 N–H and O–H groups in total. The Morgan fingerprint density at radius 1 is 1.26 bits per heavy atom.